The van der Waals surface area contributed by atoms with Crippen LogP contribution in [0.3, 0.4) is 0 Å². The molecule has 8 atom stereocenters. The number of amides is 1. The van der Waals surface area contributed by atoms with Crippen LogP contribution in [0.25, 0.3) is 0 Å². The maximum absolute atomic E-state index is 13.5. The molecule has 11 nitrogen and oxygen atoms in total. The van der Waals surface area contributed by atoms with Gasteiger partial charge in [0.05, 0.1) is 36.8 Å². The zero-order valence-corrected chi connectivity index (χ0v) is 40.3. The fraction of sp³-hybridized carbons (Fsp3) is 0.891. The predicted molar refractivity (Wildman–Crippen MR) is 244 cm³/mol. The molecule has 14 heteroatoms. The molecule has 2 heterocycles. The van der Waals surface area contributed by atoms with Crippen molar-refractivity contribution in [3.8, 4) is 0 Å². The van der Waals surface area contributed by atoms with Gasteiger partial charge in [-0.15, -0.1) is 0 Å². The van der Waals surface area contributed by atoms with Crippen molar-refractivity contribution >= 4 is 44.2 Å². The number of unbranched alkanes of at least 4 members (excludes halogenated alkanes) is 25. The van der Waals surface area contributed by atoms with Crippen LogP contribution in [0.4, 0.5) is 0 Å². The summed E-state index contributed by atoms with van der Waals surface area (Å²) in [5, 5.41) is 3.08. The Bertz CT molecular complexity index is 1180. The first kappa shape index (κ1) is 54.8. The van der Waals surface area contributed by atoms with Gasteiger partial charge in [0.1, 0.15) is 24.9 Å². The summed E-state index contributed by atoms with van der Waals surface area (Å²) in [4.78, 5) is 39.2. The lowest BCUT2D eigenvalue weighted by Gasteiger charge is -2.41. The lowest BCUT2D eigenvalue weighted by atomic mass is 10.0. The van der Waals surface area contributed by atoms with Crippen molar-refractivity contribution in [1.29, 1.82) is 0 Å². The summed E-state index contributed by atoms with van der Waals surface area (Å²) in [6.07, 6.45) is 32.9. The molecule has 2 rings (SSSR count). The molecular formula is C46H82NO10P3. The van der Waals surface area contributed by atoms with Gasteiger partial charge in [-0.3, -0.25) is 23.5 Å². The Hall–Kier alpha value is -1.34. The molecule has 346 valence electrons. The average Bonchev–Trinajstić information content (AvgIpc) is 3.25. The van der Waals surface area contributed by atoms with Gasteiger partial charge in [-0.1, -0.05) is 174 Å². The summed E-state index contributed by atoms with van der Waals surface area (Å²) >= 11 is 0. The molecule has 60 heavy (non-hydrogen) atoms. The highest BCUT2D eigenvalue weighted by molar-refractivity contribution is 7.30. The molecule has 0 spiro atoms. The monoisotopic (exact) mass is 902 g/mol. The number of esters is 2. The van der Waals surface area contributed by atoms with Crippen molar-refractivity contribution in [1.82, 2.24) is 5.32 Å². The molecule has 3 unspecified atom stereocenters. The molecule has 0 radical (unpaired) electrons. The number of carbonyl (C=O) groups excluding carboxylic acids is 3. The van der Waals surface area contributed by atoms with Gasteiger partial charge in [0.2, 0.25) is 5.91 Å². The Balaban J connectivity index is 2.00. The molecule has 1 N–H and O–H groups in total. The molecule has 0 aromatic carbocycles. The summed E-state index contributed by atoms with van der Waals surface area (Å²) in [6, 6.07) is -0.785. The highest BCUT2D eigenvalue weighted by Crippen LogP contribution is 2.38. The van der Waals surface area contributed by atoms with Gasteiger partial charge in [0.15, 0.2) is 23.2 Å². The maximum atomic E-state index is 13.5. The molecule has 0 aromatic heterocycles. The first-order valence-corrected chi connectivity index (χ1v) is 26.2. The summed E-state index contributed by atoms with van der Waals surface area (Å²) in [6.45, 7) is 4.12. The Labute approximate surface area is 369 Å². The third kappa shape index (κ3) is 25.1. The number of cyclic esters (lactones) is 2. The van der Waals surface area contributed by atoms with Crippen LogP contribution < -0.4 is 5.32 Å². The standard InChI is InChI=1S/C46H82NO10P3/c1-3-5-7-9-11-13-15-17-18-20-22-24-26-28-30-32-40(48)47-37-35-54-46-43(57-58)45(60-52)44(59-51)39(56-46)36-53-41(49)33-34-42(50)55-38(37)31-29-27-25-23-21-19-16-14-12-10-8-6-4-2/h29,31,37-39,43-46H,3-28,30,32-36,58H2,1-2H3,(H,47,48)/b31-29+/t37-,38+,39?,43?,44-,45+,46+/m0/s1. The second-order valence-corrected chi connectivity index (χ2v) is 18.8. The number of fused-ring (bicyclic) bond motifs is 2. The van der Waals surface area contributed by atoms with E-state index in [9.17, 15) is 23.5 Å². The van der Waals surface area contributed by atoms with Crippen LogP contribution in [-0.4, -0.2) is 73.0 Å². The molecule has 0 saturated carbocycles. The number of hydrogen-bond acceptors (Lipinski definition) is 10. The van der Waals surface area contributed by atoms with Gasteiger partial charge < -0.3 is 28.8 Å². The number of hydrogen-bond donors (Lipinski definition) is 1. The van der Waals surface area contributed by atoms with Crippen LogP contribution in [0.2, 0.25) is 0 Å². The van der Waals surface area contributed by atoms with Crippen LogP contribution in [0.5, 0.6) is 0 Å². The van der Waals surface area contributed by atoms with E-state index in [0.717, 1.165) is 38.5 Å². The second-order valence-electron chi connectivity index (χ2n) is 16.9. The minimum atomic E-state index is -1.11. The number of carbonyl (C=O) groups is 3. The molecule has 1 amide bonds. The van der Waals surface area contributed by atoms with E-state index in [2.05, 4.69) is 28.6 Å². The smallest absolute Gasteiger partial charge is 0.307 e. The zero-order valence-electron chi connectivity index (χ0n) is 37.4. The Morgan fingerprint density at radius 1 is 0.683 bits per heavy atom. The Morgan fingerprint density at radius 2 is 1.17 bits per heavy atom. The van der Waals surface area contributed by atoms with E-state index >= 15 is 0 Å². The van der Waals surface area contributed by atoms with Crippen molar-refractivity contribution in [2.75, 3.05) is 13.2 Å². The number of nitrogens with one attached hydrogen (secondary N) is 1. The lowest BCUT2D eigenvalue weighted by molar-refractivity contribution is -0.239. The molecule has 2 saturated heterocycles. The Morgan fingerprint density at radius 3 is 1.67 bits per heavy atom. The van der Waals surface area contributed by atoms with E-state index in [4.69, 9.17) is 23.5 Å². The van der Waals surface area contributed by atoms with Crippen LogP contribution in [0, 0.1) is 0 Å². The van der Waals surface area contributed by atoms with Crippen molar-refractivity contribution in [2.24, 2.45) is 0 Å². The van der Waals surface area contributed by atoms with E-state index in [0.29, 0.717) is 6.42 Å². The highest BCUT2D eigenvalue weighted by atomic mass is 31.1. The van der Waals surface area contributed by atoms with Crippen molar-refractivity contribution in [2.45, 2.75) is 248 Å². The maximum Gasteiger partial charge on any atom is 0.307 e. The SMILES string of the molecule is CCCCCCCCCCCCC/C=C/[C@H]1OC(=O)CCC(=O)OCC2O[C@@H](OC[C@@H]1NC(=O)CCCCCCCCCCCCCCCCC)C(OP)[C@@H](P=O)[C@H]2P=O. The van der Waals surface area contributed by atoms with Gasteiger partial charge in [-0.25, -0.2) is 0 Å². The first-order chi connectivity index (χ1) is 29.4. The molecule has 2 aliphatic rings. The summed E-state index contributed by atoms with van der Waals surface area (Å²) < 4.78 is 53.9. The molecular weight excluding hydrogens is 819 g/mol. The van der Waals surface area contributed by atoms with Crippen LogP contribution in [0.1, 0.15) is 206 Å². The third-order valence-electron chi connectivity index (χ3n) is 11.7. The fourth-order valence-electron chi connectivity index (χ4n) is 8.00. The fourth-order valence-corrected chi connectivity index (χ4v) is 9.99. The van der Waals surface area contributed by atoms with Crippen LogP contribution in [-0.2, 0) is 47.0 Å². The van der Waals surface area contributed by atoms with Gasteiger partial charge >= 0.3 is 11.9 Å². The van der Waals surface area contributed by atoms with E-state index in [-0.39, 0.29) is 48.9 Å². The highest BCUT2D eigenvalue weighted by Gasteiger charge is 2.49. The third-order valence-corrected chi connectivity index (χ3v) is 14.1. The minimum Gasteiger partial charge on any atom is -0.463 e. The van der Waals surface area contributed by atoms with E-state index < -0.39 is 53.9 Å². The average molecular weight is 902 g/mol. The van der Waals surface area contributed by atoms with Crippen molar-refractivity contribution in [3.63, 3.8) is 0 Å². The zero-order chi connectivity index (χ0) is 43.5. The molecule has 2 bridgehead atoms. The quantitative estimate of drug-likeness (QED) is 0.0292. The number of ether oxygens (including phenoxy) is 4. The van der Waals surface area contributed by atoms with Crippen molar-refractivity contribution < 1.29 is 47.0 Å². The van der Waals surface area contributed by atoms with E-state index in [1.807, 2.05) is 6.08 Å². The largest absolute Gasteiger partial charge is 0.463 e. The Kier molecular flexibility index (Phi) is 33.9. The van der Waals surface area contributed by atoms with Gasteiger partial charge in [-0.05, 0) is 25.3 Å². The molecule has 2 aliphatic heterocycles. The van der Waals surface area contributed by atoms with Gasteiger partial charge in [0.25, 0.3) is 0 Å². The first-order valence-electron chi connectivity index (χ1n) is 24.0. The van der Waals surface area contributed by atoms with E-state index in [1.165, 1.54) is 135 Å². The molecule has 0 aromatic rings. The normalized spacial score (nSPS) is 24.4. The molecule has 2 fully saturated rings. The summed E-state index contributed by atoms with van der Waals surface area (Å²) in [5.74, 6) is -1.42. The molecule has 0 aliphatic carbocycles. The van der Waals surface area contributed by atoms with E-state index in [1.54, 1.807) is 6.08 Å². The van der Waals surface area contributed by atoms with Crippen LogP contribution >= 0.6 is 26.4 Å². The van der Waals surface area contributed by atoms with Crippen LogP contribution in [0.15, 0.2) is 12.2 Å². The summed E-state index contributed by atoms with van der Waals surface area (Å²) in [7, 11) is 1.44. The predicted octanol–water partition coefficient (Wildman–Crippen LogP) is 12.5. The second kappa shape index (κ2) is 37.1. The lowest BCUT2D eigenvalue weighted by Crippen LogP contribution is -2.57. The van der Waals surface area contributed by atoms with Crippen molar-refractivity contribution in [3.05, 3.63) is 12.2 Å². The van der Waals surface area contributed by atoms with Gasteiger partial charge in [0, 0.05) is 15.9 Å². The van der Waals surface area contributed by atoms with Gasteiger partial charge in [-0.2, -0.15) is 0 Å². The number of allylic oxidation sites excluding steroid dienone is 1. The number of rotatable bonds is 33. The summed E-state index contributed by atoms with van der Waals surface area (Å²) in [5.41, 5.74) is -1.61. The topological polar surface area (TPSA) is 144 Å². The minimum absolute atomic E-state index is 0.116.